The fraction of sp³-hybridized carbons (Fsp3) is 0.741. The molecule has 4 aliphatic heterocycles. The van der Waals surface area contributed by atoms with Crippen LogP contribution in [0.15, 0.2) is 24.3 Å². The van der Waals surface area contributed by atoms with Gasteiger partial charge < -0.3 is 24.5 Å². The first kappa shape index (κ1) is 25.9. The molecule has 194 valence electrons. The lowest BCUT2D eigenvalue weighted by Gasteiger charge is -2.41. The molecule has 1 spiro atoms. The molecule has 4 heterocycles. The van der Waals surface area contributed by atoms with Crippen LogP contribution in [0.1, 0.15) is 60.3 Å². The third-order valence-electron chi connectivity index (χ3n) is 8.00. The maximum absolute atomic E-state index is 14.1. The maximum Gasteiger partial charge on any atom is 0.249 e. The highest BCUT2D eigenvalue weighted by Gasteiger charge is 2.74. The van der Waals surface area contributed by atoms with Crippen LogP contribution in [0.5, 0.6) is 0 Å². The van der Waals surface area contributed by atoms with Gasteiger partial charge in [0.25, 0.3) is 0 Å². The summed E-state index contributed by atoms with van der Waals surface area (Å²) in [6.45, 7) is 11.9. The largest absolute Gasteiger partial charge is 0.396 e. The zero-order valence-electron chi connectivity index (χ0n) is 21.8. The van der Waals surface area contributed by atoms with E-state index >= 15 is 0 Å². The van der Waals surface area contributed by atoms with Crippen LogP contribution in [0.3, 0.4) is 0 Å². The Bertz CT molecular complexity index is 924. The number of rotatable bonds is 7. The molecule has 2 fully saturated rings. The minimum atomic E-state index is -1.19. The molecule has 0 aromatic heterocycles. The molecule has 4 rings (SSSR count). The molecule has 0 saturated carbocycles. The molecule has 1 N–H and O–H groups in total. The minimum Gasteiger partial charge on any atom is -0.396 e. The van der Waals surface area contributed by atoms with Gasteiger partial charge in [-0.05, 0) is 53.4 Å². The highest BCUT2D eigenvalue weighted by molar-refractivity contribution is 6.00. The van der Waals surface area contributed by atoms with Crippen LogP contribution in [0.2, 0.25) is 0 Å². The SMILES string of the molecule is CCCN1CC=C[C@@]2(C)O[C@]34C=CCN(C(C)(C)C)C(=O)C3N(CCCCCO)C(=O)[C@@H]4[C@H]2C1=O. The molecular weight excluding hydrogens is 446 g/mol. The Kier molecular flexibility index (Phi) is 6.92. The zero-order chi connectivity index (χ0) is 25.6. The molecule has 5 atom stereocenters. The molecule has 8 nitrogen and oxygen atoms in total. The van der Waals surface area contributed by atoms with Crippen LogP contribution in [-0.2, 0) is 19.1 Å². The zero-order valence-corrected chi connectivity index (χ0v) is 21.8. The van der Waals surface area contributed by atoms with Gasteiger partial charge in [0.1, 0.15) is 11.6 Å². The van der Waals surface area contributed by atoms with Gasteiger partial charge in [0, 0.05) is 38.3 Å². The molecule has 0 radical (unpaired) electrons. The third kappa shape index (κ3) is 4.12. The normalized spacial score (nSPS) is 34.7. The Morgan fingerprint density at radius 3 is 2.34 bits per heavy atom. The van der Waals surface area contributed by atoms with Crippen molar-refractivity contribution in [2.75, 3.05) is 32.8 Å². The van der Waals surface area contributed by atoms with Crippen molar-refractivity contribution in [2.45, 2.75) is 83.1 Å². The van der Waals surface area contributed by atoms with Gasteiger partial charge in [-0.25, -0.2) is 0 Å². The molecular formula is C27H41N3O5. The summed E-state index contributed by atoms with van der Waals surface area (Å²) < 4.78 is 6.81. The number of carbonyl (C=O) groups excluding carboxylic acids is 3. The fourth-order valence-corrected chi connectivity index (χ4v) is 6.46. The van der Waals surface area contributed by atoms with Crippen LogP contribution in [0.4, 0.5) is 0 Å². The summed E-state index contributed by atoms with van der Waals surface area (Å²) in [4.78, 5) is 47.4. The topological polar surface area (TPSA) is 90.4 Å². The van der Waals surface area contributed by atoms with E-state index in [1.807, 2.05) is 63.8 Å². The van der Waals surface area contributed by atoms with Crippen molar-refractivity contribution in [1.29, 1.82) is 0 Å². The highest BCUT2D eigenvalue weighted by atomic mass is 16.5. The predicted octanol–water partition coefficient (Wildman–Crippen LogP) is 2.13. The average molecular weight is 488 g/mol. The average Bonchev–Trinajstić information content (AvgIpc) is 3.04. The quantitative estimate of drug-likeness (QED) is 0.439. The van der Waals surface area contributed by atoms with E-state index in [-0.39, 0.29) is 24.3 Å². The van der Waals surface area contributed by atoms with Gasteiger partial charge in [-0.2, -0.15) is 0 Å². The lowest BCUT2D eigenvalue weighted by Crippen LogP contribution is -2.59. The van der Waals surface area contributed by atoms with E-state index in [0.29, 0.717) is 39.0 Å². The van der Waals surface area contributed by atoms with E-state index in [4.69, 9.17) is 4.74 Å². The van der Waals surface area contributed by atoms with Crippen LogP contribution in [0, 0.1) is 11.8 Å². The summed E-state index contributed by atoms with van der Waals surface area (Å²) in [7, 11) is 0. The van der Waals surface area contributed by atoms with Crippen molar-refractivity contribution in [2.24, 2.45) is 11.8 Å². The molecule has 0 aromatic carbocycles. The van der Waals surface area contributed by atoms with E-state index in [0.717, 1.165) is 12.8 Å². The Morgan fingerprint density at radius 1 is 0.971 bits per heavy atom. The summed E-state index contributed by atoms with van der Waals surface area (Å²) in [5.74, 6) is -1.84. The molecule has 0 aromatic rings. The number of ether oxygens (including phenoxy) is 1. The standard InChI is InChI=1S/C27H41N3O5/c1-6-14-28-15-10-12-26(5)19(22(28)32)20-23(33)29(16-8-7-9-18-31)21-24(34)30(25(2,3)4)17-11-13-27(20,21)35-26/h10-13,19-21,31H,6-9,14-18H2,1-5H3/t19-,20-,21?,26+,27-/m0/s1. The monoisotopic (exact) mass is 487 g/mol. The first-order valence-electron chi connectivity index (χ1n) is 13.1. The van der Waals surface area contributed by atoms with Crippen LogP contribution in [-0.4, -0.2) is 93.1 Å². The molecule has 8 heteroatoms. The van der Waals surface area contributed by atoms with Gasteiger partial charge in [0.15, 0.2) is 0 Å². The number of amides is 3. The Balaban J connectivity index is 1.81. The van der Waals surface area contributed by atoms with Gasteiger partial charge in [-0.1, -0.05) is 31.2 Å². The molecule has 35 heavy (non-hydrogen) atoms. The summed E-state index contributed by atoms with van der Waals surface area (Å²) in [6.07, 6.45) is 10.6. The van der Waals surface area contributed by atoms with E-state index < -0.39 is 34.6 Å². The number of carbonyl (C=O) groups is 3. The highest BCUT2D eigenvalue weighted by Crippen LogP contribution is 2.57. The van der Waals surface area contributed by atoms with E-state index in [1.165, 1.54) is 0 Å². The van der Waals surface area contributed by atoms with Crippen molar-refractivity contribution < 1.29 is 24.2 Å². The van der Waals surface area contributed by atoms with Gasteiger partial charge in [0.05, 0.1) is 17.4 Å². The van der Waals surface area contributed by atoms with Crippen LogP contribution < -0.4 is 0 Å². The fourth-order valence-electron chi connectivity index (χ4n) is 6.46. The van der Waals surface area contributed by atoms with Crippen LogP contribution >= 0.6 is 0 Å². The van der Waals surface area contributed by atoms with Gasteiger partial charge in [-0.3, -0.25) is 14.4 Å². The van der Waals surface area contributed by atoms with E-state index in [1.54, 1.807) is 9.80 Å². The number of hydrogen-bond donors (Lipinski definition) is 1. The van der Waals surface area contributed by atoms with E-state index in [9.17, 15) is 19.5 Å². The van der Waals surface area contributed by atoms with Crippen LogP contribution in [0.25, 0.3) is 0 Å². The smallest absolute Gasteiger partial charge is 0.249 e. The Hall–Kier alpha value is -2.19. The number of likely N-dealkylation sites (tertiary alicyclic amines) is 1. The molecule has 3 amide bonds. The molecule has 2 saturated heterocycles. The lowest BCUT2D eigenvalue weighted by molar-refractivity contribution is -0.155. The molecule has 0 aliphatic carbocycles. The minimum absolute atomic E-state index is 0.0757. The molecule has 4 aliphatic rings. The number of aliphatic hydroxyl groups is 1. The molecule has 1 unspecified atom stereocenters. The van der Waals surface area contributed by atoms with Gasteiger partial charge in [0.2, 0.25) is 17.7 Å². The summed E-state index contributed by atoms with van der Waals surface area (Å²) in [5.41, 5.74) is -2.60. The summed E-state index contributed by atoms with van der Waals surface area (Å²) in [5, 5.41) is 9.19. The van der Waals surface area contributed by atoms with Gasteiger partial charge in [-0.15, -0.1) is 0 Å². The number of nitrogens with zero attached hydrogens (tertiary/aromatic N) is 3. The first-order chi connectivity index (χ1) is 16.5. The van der Waals surface area contributed by atoms with Crippen molar-refractivity contribution in [1.82, 2.24) is 14.7 Å². The number of aliphatic hydroxyl groups excluding tert-OH is 1. The third-order valence-corrected chi connectivity index (χ3v) is 8.00. The summed E-state index contributed by atoms with van der Waals surface area (Å²) in [6, 6.07) is -0.823. The molecule has 0 bridgehead atoms. The Labute approximate surface area is 208 Å². The first-order valence-corrected chi connectivity index (χ1v) is 13.1. The van der Waals surface area contributed by atoms with E-state index in [2.05, 4.69) is 0 Å². The van der Waals surface area contributed by atoms with Crippen molar-refractivity contribution in [3.05, 3.63) is 24.3 Å². The second-order valence-electron chi connectivity index (χ2n) is 11.5. The van der Waals surface area contributed by atoms with Crippen molar-refractivity contribution in [3.63, 3.8) is 0 Å². The van der Waals surface area contributed by atoms with Crippen molar-refractivity contribution in [3.8, 4) is 0 Å². The predicted molar refractivity (Wildman–Crippen MR) is 132 cm³/mol. The Morgan fingerprint density at radius 2 is 1.69 bits per heavy atom. The summed E-state index contributed by atoms with van der Waals surface area (Å²) >= 11 is 0. The lowest BCUT2D eigenvalue weighted by atomic mass is 9.74. The van der Waals surface area contributed by atoms with Gasteiger partial charge >= 0.3 is 0 Å². The number of fused-ring (bicyclic) bond motifs is 2. The second-order valence-corrected chi connectivity index (χ2v) is 11.5. The van der Waals surface area contributed by atoms with Crippen molar-refractivity contribution >= 4 is 17.7 Å². The number of hydrogen-bond acceptors (Lipinski definition) is 5. The maximum atomic E-state index is 14.1. The number of unbranched alkanes of at least 4 members (excludes halogenated alkanes) is 2. The second kappa shape index (κ2) is 9.36.